The molecule has 1 aromatic heterocycles. The van der Waals surface area contributed by atoms with Crippen LogP contribution in [-0.2, 0) is 6.54 Å². The molecule has 0 amide bonds. The van der Waals surface area contributed by atoms with Crippen molar-refractivity contribution < 1.29 is 4.42 Å². The summed E-state index contributed by atoms with van der Waals surface area (Å²) in [6.45, 7) is 7.14. The molecule has 1 fully saturated rings. The summed E-state index contributed by atoms with van der Waals surface area (Å²) in [5.41, 5.74) is 0. The van der Waals surface area contributed by atoms with Crippen LogP contribution >= 0.6 is 0 Å². The molecule has 2 atom stereocenters. The number of nitrogens with one attached hydrogen (secondary N) is 2. The average Bonchev–Trinajstić information content (AvgIpc) is 2.72. The molecule has 19 heavy (non-hydrogen) atoms. The zero-order valence-corrected chi connectivity index (χ0v) is 12.3. The van der Waals surface area contributed by atoms with E-state index in [1.54, 1.807) is 0 Å². The largest absolute Gasteiger partial charge is 0.407 e. The quantitative estimate of drug-likeness (QED) is 0.802. The summed E-state index contributed by atoms with van der Waals surface area (Å²) in [6.07, 6.45) is 6.46. The molecule has 1 saturated carbocycles. The van der Waals surface area contributed by atoms with Crippen molar-refractivity contribution in [3.05, 3.63) is 5.89 Å². The highest BCUT2D eigenvalue weighted by molar-refractivity contribution is 5.20. The van der Waals surface area contributed by atoms with Gasteiger partial charge in [0.1, 0.15) is 0 Å². The highest BCUT2D eigenvalue weighted by atomic mass is 16.4. The average molecular weight is 266 g/mol. The Kier molecular flexibility index (Phi) is 5.19. The monoisotopic (exact) mass is 266 g/mol. The molecular formula is C14H26N4O. The first-order valence-electron chi connectivity index (χ1n) is 7.47. The number of anilines is 1. The van der Waals surface area contributed by atoms with Gasteiger partial charge in [0.25, 0.3) is 0 Å². The number of aromatic nitrogens is 2. The molecule has 0 bridgehead atoms. The Morgan fingerprint density at radius 2 is 2.00 bits per heavy atom. The Labute approximate surface area is 115 Å². The van der Waals surface area contributed by atoms with E-state index in [0.717, 1.165) is 0 Å². The van der Waals surface area contributed by atoms with Crippen molar-refractivity contribution in [2.45, 2.75) is 71.5 Å². The van der Waals surface area contributed by atoms with Gasteiger partial charge in [0.2, 0.25) is 5.89 Å². The molecule has 5 heteroatoms. The van der Waals surface area contributed by atoms with Gasteiger partial charge in [-0.3, -0.25) is 0 Å². The van der Waals surface area contributed by atoms with Gasteiger partial charge in [-0.2, -0.15) is 0 Å². The van der Waals surface area contributed by atoms with Gasteiger partial charge < -0.3 is 15.1 Å². The second-order valence-corrected chi connectivity index (χ2v) is 5.90. The van der Waals surface area contributed by atoms with Gasteiger partial charge in [-0.25, -0.2) is 0 Å². The second-order valence-electron chi connectivity index (χ2n) is 5.90. The summed E-state index contributed by atoms with van der Waals surface area (Å²) in [5, 5.41) is 14.8. The zero-order valence-electron chi connectivity index (χ0n) is 12.3. The third-order valence-electron chi connectivity index (χ3n) is 3.80. The van der Waals surface area contributed by atoms with Gasteiger partial charge in [-0.05, 0) is 18.8 Å². The predicted molar refractivity (Wildman–Crippen MR) is 75.9 cm³/mol. The smallest absolute Gasteiger partial charge is 0.315 e. The number of nitrogens with zero attached hydrogens (tertiary/aromatic N) is 2. The Hall–Kier alpha value is -1.10. The minimum absolute atomic E-state index is 0.421. The summed E-state index contributed by atoms with van der Waals surface area (Å²) in [4.78, 5) is 0. The lowest BCUT2D eigenvalue weighted by Crippen LogP contribution is -2.26. The third kappa shape index (κ3) is 4.49. The van der Waals surface area contributed by atoms with Crippen LogP contribution < -0.4 is 10.6 Å². The Morgan fingerprint density at radius 1 is 1.21 bits per heavy atom. The van der Waals surface area contributed by atoms with Gasteiger partial charge in [-0.1, -0.05) is 45.1 Å². The molecule has 1 aliphatic rings. The van der Waals surface area contributed by atoms with Gasteiger partial charge in [0.05, 0.1) is 6.54 Å². The molecule has 108 valence electrons. The van der Waals surface area contributed by atoms with Crippen LogP contribution in [0.15, 0.2) is 4.42 Å². The minimum Gasteiger partial charge on any atom is -0.407 e. The van der Waals surface area contributed by atoms with Crippen LogP contribution in [0.5, 0.6) is 0 Å². The molecule has 0 aromatic carbocycles. The molecule has 1 aromatic rings. The van der Waals surface area contributed by atoms with E-state index >= 15 is 0 Å². The van der Waals surface area contributed by atoms with Crippen LogP contribution in [0.2, 0.25) is 0 Å². The maximum Gasteiger partial charge on any atom is 0.315 e. The Balaban J connectivity index is 1.87. The fraction of sp³-hybridized carbons (Fsp3) is 0.857. The SMILES string of the molecule is CC(C)NCc1nnc(NC2CCCCCC2C)o1. The molecule has 1 aliphatic carbocycles. The van der Waals surface area contributed by atoms with Crippen LogP contribution in [0.3, 0.4) is 0 Å². The fourth-order valence-electron chi connectivity index (χ4n) is 2.54. The number of hydrogen-bond acceptors (Lipinski definition) is 5. The highest BCUT2D eigenvalue weighted by Crippen LogP contribution is 2.25. The Bertz CT molecular complexity index is 377. The van der Waals surface area contributed by atoms with Crippen molar-refractivity contribution in [3.8, 4) is 0 Å². The number of rotatable bonds is 5. The molecule has 2 unspecified atom stereocenters. The van der Waals surface area contributed by atoms with Crippen LogP contribution in [0.4, 0.5) is 6.01 Å². The molecule has 1 heterocycles. The molecule has 5 nitrogen and oxygen atoms in total. The van der Waals surface area contributed by atoms with E-state index in [-0.39, 0.29) is 0 Å². The van der Waals surface area contributed by atoms with Crippen molar-refractivity contribution in [3.63, 3.8) is 0 Å². The topological polar surface area (TPSA) is 63.0 Å². The summed E-state index contributed by atoms with van der Waals surface area (Å²) in [6, 6.07) is 1.46. The minimum atomic E-state index is 0.421. The van der Waals surface area contributed by atoms with E-state index in [0.29, 0.717) is 36.5 Å². The fourth-order valence-corrected chi connectivity index (χ4v) is 2.54. The summed E-state index contributed by atoms with van der Waals surface area (Å²) >= 11 is 0. The highest BCUT2D eigenvalue weighted by Gasteiger charge is 2.21. The molecular weight excluding hydrogens is 240 g/mol. The lowest BCUT2D eigenvalue weighted by molar-refractivity contribution is 0.424. The van der Waals surface area contributed by atoms with E-state index in [2.05, 4.69) is 41.6 Å². The van der Waals surface area contributed by atoms with E-state index in [9.17, 15) is 0 Å². The normalized spacial score (nSPS) is 24.4. The molecule has 0 radical (unpaired) electrons. The summed E-state index contributed by atoms with van der Waals surface area (Å²) < 4.78 is 5.63. The maximum atomic E-state index is 5.63. The van der Waals surface area contributed by atoms with E-state index in [4.69, 9.17) is 4.42 Å². The van der Waals surface area contributed by atoms with E-state index in [1.807, 2.05) is 0 Å². The van der Waals surface area contributed by atoms with Crippen LogP contribution in [-0.4, -0.2) is 22.3 Å². The van der Waals surface area contributed by atoms with Gasteiger partial charge in [-0.15, -0.1) is 5.10 Å². The standard InChI is InChI=1S/C14H26N4O/c1-10(2)15-9-13-17-18-14(19-13)16-12-8-6-4-5-7-11(12)3/h10-12,15H,4-9H2,1-3H3,(H,16,18). The van der Waals surface area contributed by atoms with Gasteiger partial charge in [0.15, 0.2) is 0 Å². The summed E-state index contributed by atoms with van der Waals surface area (Å²) in [7, 11) is 0. The maximum absolute atomic E-state index is 5.63. The molecule has 0 aliphatic heterocycles. The first kappa shape index (κ1) is 14.3. The first-order chi connectivity index (χ1) is 9.15. The molecule has 0 spiro atoms. The first-order valence-corrected chi connectivity index (χ1v) is 7.47. The lowest BCUT2D eigenvalue weighted by Gasteiger charge is -2.21. The Morgan fingerprint density at radius 3 is 2.79 bits per heavy atom. The second kappa shape index (κ2) is 6.89. The third-order valence-corrected chi connectivity index (χ3v) is 3.80. The van der Waals surface area contributed by atoms with Crippen molar-refractivity contribution in [1.29, 1.82) is 0 Å². The van der Waals surface area contributed by atoms with Crippen molar-refractivity contribution in [2.24, 2.45) is 5.92 Å². The van der Waals surface area contributed by atoms with Crippen molar-refractivity contribution in [2.75, 3.05) is 5.32 Å². The molecule has 0 saturated heterocycles. The van der Waals surface area contributed by atoms with Crippen molar-refractivity contribution in [1.82, 2.24) is 15.5 Å². The van der Waals surface area contributed by atoms with Crippen LogP contribution in [0, 0.1) is 5.92 Å². The van der Waals surface area contributed by atoms with E-state index in [1.165, 1.54) is 32.1 Å². The van der Waals surface area contributed by atoms with Gasteiger partial charge >= 0.3 is 6.01 Å². The summed E-state index contributed by atoms with van der Waals surface area (Å²) in [5.74, 6) is 1.32. The molecule has 2 rings (SSSR count). The van der Waals surface area contributed by atoms with Crippen molar-refractivity contribution >= 4 is 6.01 Å². The van der Waals surface area contributed by atoms with Crippen LogP contribution in [0.25, 0.3) is 0 Å². The zero-order chi connectivity index (χ0) is 13.7. The van der Waals surface area contributed by atoms with E-state index < -0.39 is 0 Å². The lowest BCUT2D eigenvalue weighted by atomic mass is 9.97. The number of hydrogen-bond donors (Lipinski definition) is 2. The van der Waals surface area contributed by atoms with Gasteiger partial charge in [0, 0.05) is 12.1 Å². The van der Waals surface area contributed by atoms with Crippen LogP contribution in [0.1, 0.15) is 58.8 Å². The predicted octanol–water partition coefficient (Wildman–Crippen LogP) is 2.95. The molecule has 2 N–H and O–H groups in total.